The van der Waals surface area contributed by atoms with E-state index in [4.69, 9.17) is 4.74 Å². The second-order valence-electron chi connectivity index (χ2n) is 5.70. The Morgan fingerprint density at radius 3 is 3.00 bits per heavy atom. The van der Waals surface area contributed by atoms with Crippen molar-refractivity contribution in [2.75, 3.05) is 26.7 Å². The van der Waals surface area contributed by atoms with Gasteiger partial charge < -0.3 is 19.3 Å². The van der Waals surface area contributed by atoms with Crippen LogP contribution >= 0.6 is 0 Å². The number of hydrogen-bond donors (Lipinski definition) is 1. The number of aliphatic hydroxyl groups is 1. The summed E-state index contributed by atoms with van der Waals surface area (Å²) in [4.78, 5) is 6.87. The number of aromatic nitrogens is 2. The number of likely N-dealkylation sites (N-methyl/N-ethyl adjacent to an activating group) is 1. The molecule has 1 saturated heterocycles. The van der Waals surface area contributed by atoms with Gasteiger partial charge in [0.05, 0.1) is 29.8 Å². The molecule has 2 heterocycles. The van der Waals surface area contributed by atoms with Crippen LogP contribution in [0.5, 0.6) is 0 Å². The van der Waals surface area contributed by atoms with Crippen molar-refractivity contribution < 1.29 is 9.84 Å². The molecule has 1 aliphatic heterocycles. The van der Waals surface area contributed by atoms with Gasteiger partial charge >= 0.3 is 0 Å². The Balaban J connectivity index is 1.80. The third-order valence-corrected chi connectivity index (χ3v) is 4.17. The Morgan fingerprint density at radius 1 is 1.43 bits per heavy atom. The van der Waals surface area contributed by atoms with E-state index in [0.29, 0.717) is 13.0 Å². The zero-order valence-corrected chi connectivity index (χ0v) is 12.7. The number of imidazole rings is 1. The number of fused-ring (bicyclic) bond motifs is 1. The molecule has 5 heteroatoms. The van der Waals surface area contributed by atoms with Crippen molar-refractivity contribution >= 4 is 11.0 Å². The molecule has 5 nitrogen and oxygen atoms in total. The molecule has 1 fully saturated rings. The van der Waals surface area contributed by atoms with Crippen LogP contribution in [0.4, 0.5) is 0 Å². The third-order valence-electron chi connectivity index (χ3n) is 4.17. The lowest BCUT2D eigenvalue weighted by molar-refractivity contribution is -0.0829. The maximum absolute atomic E-state index is 10.5. The Kier molecular flexibility index (Phi) is 4.24. The number of aliphatic hydroxyl groups excluding tert-OH is 1. The van der Waals surface area contributed by atoms with Gasteiger partial charge in [0, 0.05) is 26.1 Å². The first-order chi connectivity index (χ1) is 10.2. The lowest BCUT2D eigenvalue weighted by atomic mass is 10.1. The topological polar surface area (TPSA) is 50.5 Å². The summed E-state index contributed by atoms with van der Waals surface area (Å²) in [6.07, 6.45) is -0.121. The van der Waals surface area contributed by atoms with Gasteiger partial charge in [0.1, 0.15) is 5.82 Å². The van der Waals surface area contributed by atoms with Crippen LogP contribution < -0.4 is 0 Å². The number of morpholine rings is 1. The average molecular weight is 289 g/mol. The highest BCUT2D eigenvalue weighted by Crippen LogP contribution is 2.19. The fourth-order valence-electron chi connectivity index (χ4n) is 3.00. The molecule has 2 atom stereocenters. The summed E-state index contributed by atoms with van der Waals surface area (Å²) in [6, 6.07) is 8.11. The minimum Gasteiger partial charge on any atom is -0.390 e. The van der Waals surface area contributed by atoms with Crippen molar-refractivity contribution in [2.24, 2.45) is 0 Å². The zero-order valence-electron chi connectivity index (χ0n) is 12.7. The molecule has 114 valence electrons. The van der Waals surface area contributed by atoms with E-state index >= 15 is 0 Å². The van der Waals surface area contributed by atoms with Crippen LogP contribution in [0.2, 0.25) is 0 Å². The average Bonchev–Trinajstić information content (AvgIpc) is 2.84. The number of nitrogens with zero attached hydrogens (tertiary/aromatic N) is 3. The van der Waals surface area contributed by atoms with Crippen molar-refractivity contribution in [3.05, 3.63) is 30.1 Å². The molecular weight excluding hydrogens is 266 g/mol. The third kappa shape index (κ3) is 2.95. The van der Waals surface area contributed by atoms with E-state index in [1.54, 1.807) is 0 Å². The number of para-hydroxylation sites is 2. The van der Waals surface area contributed by atoms with E-state index in [1.165, 1.54) is 0 Å². The van der Waals surface area contributed by atoms with Crippen molar-refractivity contribution in [2.45, 2.75) is 32.1 Å². The van der Waals surface area contributed by atoms with E-state index in [0.717, 1.165) is 36.5 Å². The maximum Gasteiger partial charge on any atom is 0.112 e. The van der Waals surface area contributed by atoms with Gasteiger partial charge in [0.2, 0.25) is 0 Å². The van der Waals surface area contributed by atoms with E-state index in [-0.39, 0.29) is 6.10 Å². The first-order valence-corrected chi connectivity index (χ1v) is 7.61. The van der Waals surface area contributed by atoms with Gasteiger partial charge in [-0.15, -0.1) is 0 Å². The Bertz CT molecular complexity index is 611. The van der Waals surface area contributed by atoms with E-state index in [1.807, 2.05) is 18.2 Å². The molecule has 0 saturated carbocycles. The standard InChI is InChI=1S/C16H23N3O2/c1-3-19-13-7-5-4-6-12(13)17-16(19)10-14(20)15-11-18(2)8-9-21-15/h4-7,14-15,20H,3,8-11H2,1-2H3. The van der Waals surface area contributed by atoms with Gasteiger partial charge in [-0.2, -0.15) is 0 Å². The summed E-state index contributed by atoms with van der Waals surface area (Å²) in [6.45, 7) is 5.34. The van der Waals surface area contributed by atoms with Gasteiger partial charge in [-0.3, -0.25) is 0 Å². The van der Waals surface area contributed by atoms with E-state index in [2.05, 4.69) is 34.5 Å². The first kappa shape index (κ1) is 14.5. The Hall–Kier alpha value is -1.43. The van der Waals surface area contributed by atoms with Gasteiger partial charge in [0.25, 0.3) is 0 Å². The predicted octanol–water partition coefficient (Wildman–Crippen LogP) is 1.29. The van der Waals surface area contributed by atoms with Gasteiger partial charge in [-0.05, 0) is 26.1 Å². The van der Waals surface area contributed by atoms with Crippen LogP contribution in [0, 0.1) is 0 Å². The largest absolute Gasteiger partial charge is 0.390 e. The molecule has 2 unspecified atom stereocenters. The smallest absolute Gasteiger partial charge is 0.112 e. The second kappa shape index (κ2) is 6.13. The van der Waals surface area contributed by atoms with Crippen molar-refractivity contribution in [3.63, 3.8) is 0 Å². The van der Waals surface area contributed by atoms with Crippen LogP contribution in [-0.4, -0.2) is 58.5 Å². The lowest BCUT2D eigenvalue weighted by Gasteiger charge is -2.32. The summed E-state index contributed by atoms with van der Waals surface area (Å²) in [5.41, 5.74) is 2.12. The van der Waals surface area contributed by atoms with Crippen LogP contribution in [0.15, 0.2) is 24.3 Å². The molecule has 1 aromatic carbocycles. The molecule has 1 N–H and O–H groups in total. The Labute approximate surface area is 125 Å². The highest BCUT2D eigenvalue weighted by molar-refractivity contribution is 5.75. The number of rotatable bonds is 4. The molecule has 0 bridgehead atoms. The highest BCUT2D eigenvalue weighted by Gasteiger charge is 2.26. The van der Waals surface area contributed by atoms with Crippen molar-refractivity contribution in [3.8, 4) is 0 Å². The molecule has 2 aromatic rings. The fraction of sp³-hybridized carbons (Fsp3) is 0.562. The minimum atomic E-state index is -0.519. The molecule has 3 rings (SSSR count). The number of aryl methyl sites for hydroxylation is 1. The molecule has 0 aliphatic carbocycles. The van der Waals surface area contributed by atoms with Crippen LogP contribution in [0.3, 0.4) is 0 Å². The predicted molar refractivity (Wildman–Crippen MR) is 82.4 cm³/mol. The number of hydrogen-bond acceptors (Lipinski definition) is 4. The van der Waals surface area contributed by atoms with Crippen molar-refractivity contribution in [1.29, 1.82) is 0 Å². The van der Waals surface area contributed by atoms with E-state index in [9.17, 15) is 5.11 Å². The SMILES string of the molecule is CCn1c(CC(O)C2CN(C)CCO2)nc2ccccc21. The molecule has 21 heavy (non-hydrogen) atoms. The zero-order chi connectivity index (χ0) is 14.8. The summed E-state index contributed by atoms with van der Waals surface area (Å²) in [7, 11) is 2.06. The monoisotopic (exact) mass is 289 g/mol. The lowest BCUT2D eigenvalue weighted by Crippen LogP contribution is -2.46. The first-order valence-electron chi connectivity index (χ1n) is 7.61. The molecular formula is C16H23N3O2. The fourth-order valence-corrected chi connectivity index (χ4v) is 3.00. The van der Waals surface area contributed by atoms with Gasteiger partial charge in [-0.25, -0.2) is 4.98 Å². The minimum absolute atomic E-state index is 0.131. The highest BCUT2D eigenvalue weighted by atomic mass is 16.5. The summed E-state index contributed by atoms with van der Waals surface area (Å²) < 4.78 is 7.87. The van der Waals surface area contributed by atoms with E-state index < -0.39 is 6.10 Å². The van der Waals surface area contributed by atoms with Gasteiger partial charge in [-0.1, -0.05) is 12.1 Å². The van der Waals surface area contributed by atoms with Crippen molar-refractivity contribution in [1.82, 2.24) is 14.5 Å². The molecule has 0 amide bonds. The van der Waals surface area contributed by atoms with Crippen LogP contribution in [-0.2, 0) is 17.7 Å². The second-order valence-corrected chi connectivity index (χ2v) is 5.70. The molecule has 0 radical (unpaired) electrons. The molecule has 1 aromatic heterocycles. The summed E-state index contributed by atoms with van der Waals surface area (Å²) in [5.74, 6) is 0.933. The summed E-state index contributed by atoms with van der Waals surface area (Å²) in [5, 5.41) is 10.5. The quantitative estimate of drug-likeness (QED) is 0.921. The van der Waals surface area contributed by atoms with Gasteiger partial charge in [0.15, 0.2) is 0 Å². The normalized spacial score (nSPS) is 21.8. The number of ether oxygens (including phenoxy) is 1. The van der Waals surface area contributed by atoms with Crippen LogP contribution in [0.1, 0.15) is 12.7 Å². The molecule has 0 spiro atoms. The van der Waals surface area contributed by atoms with Crippen LogP contribution in [0.25, 0.3) is 11.0 Å². The number of benzene rings is 1. The summed E-state index contributed by atoms with van der Waals surface area (Å²) >= 11 is 0. The molecule has 1 aliphatic rings. The Morgan fingerprint density at radius 2 is 2.24 bits per heavy atom. The maximum atomic E-state index is 10.5.